The van der Waals surface area contributed by atoms with Gasteiger partial charge in [0, 0.05) is 24.7 Å². The van der Waals surface area contributed by atoms with Gasteiger partial charge in [-0.2, -0.15) is 0 Å². The lowest BCUT2D eigenvalue weighted by Crippen LogP contribution is -2.47. The maximum absolute atomic E-state index is 12.9. The van der Waals surface area contributed by atoms with Crippen molar-refractivity contribution in [3.05, 3.63) is 53.6 Å². The third-order valence-electron chi connectivity index (χ3n) is 9.62. The van der Waals surface area contributed by atoms with Crippen LogP contribution in [0.1, 0.15) is 93.5 Å². The standard InChI is InChI=1S/C33H46N2O2/c1-4-25-9-8-24(2)31(22-25)34-20-16-27(17-21-34)30-23-29(14-15-32(30)37-3)26-10-12-28(13-11-26)33(36)35-18-6-5-7-19-35/h10-15,23-25,27,31H,4-9,16-22H2,1-3H3/t24-,25-,31+/m1/s1. The number of benzene rings is 2. The first-order chi connectivity index (χ1) is 18.1. The molecule has 3 fully saturated rings. The van der Waals surface area contributed by atoms with Crippen LogP contribution in [-0.2, 0) is 0 Å². The van der Waals surface area contributed by atoms with Crippen LogP contribution in [0.4, 0.5) is 0 Å². The zero-order valence-corrected chi connectivity index (χ0v) is 23.3. The molecule has 1 amide bonds. The molecule has 0 bridgehead atoms. The van der Waals surface area contributed by atoms with E-state index in [1.165, 1.54) is 69.2 Å². The Balaban J connectivity index is 1.27. The van der Waals surface area contributed by atoms with Gasteiger partial charge in [-0.25, -0.2) is 0 Å². The fourth-order valence-corrected chi connectivity index (χ4v) is 7.12. The van der Waals surface area contributed by atoms with Crippen molar-refractivity contribution in [2.75, 3.05) is 33.3 Å². The molecule has 4 heteroatoms. The van der Waals surface area contributed by atoms with E-state index in [0.29, 0.717) is 5.92 Å². The van der Waals surface area contributed by atoms with E-state index in [4.69, 9.17) is 4.74 Å². The van der Waals surface area contributed by atoms with Crippen molar-refractivity contribution in [2.45, 2.75) is 83.6 Å². The second kappa shape index (κ2) is 12.0. The highest BCUT2D eigenvalue weighted by Crippen LogP contribution is 2.40. The molecular formula is C33H46N2O2. The predicted molar refractivity (Wildman–Crippen MR) is 152 cm³/mol. The van der Waals surface area contributed by atoms with Gasteiger partial charge in [-0.15, -0.1) is 0 Å². The first kappa shape index (κ1) is 26.3. The summed E-state index contributed by atoms with van der Waals surface area (Å²) in [5, 5.41) is 0. The van der Waals surface area contributed by atoms with Crippen LogP contribution in [0.3, 0.4) is 0 Å². The molecular weight excluding hydrogens is 456 g/mol. The minimum atomic E-state index is 0.172. The first-order valence-electron chi connectivity index (χ1n) is 14.9. The summed E-state index contributed by atoms with van der Waals surface area (Å²) in [6, 6.07) is 15.6. The van der Waals surface area contributed by atoms with Gasteiger partial charge in [0.15, 0.2) is 0 Å². The number of piperidine rings is 2. The molecule has 200 valence electrons. The number of rotatable bonds is 6. The number of likely N-dealkylation sites (tertiary alicyclic amines) is 2. The number of methoxy groups -OCH3 is 1. The second-order valence-electron chi connectivity index (χ2n) is 11.8. The summed E-state index contributed by atoms with van der Waals surface area (Å²) < 4.78 is 5.83. The van der Waals surface area contributed by atoms with E-state index in [0.717, 1.165) is 60.7 Å². The van der Waals surface area contributed by atoms with Crippen LogP contribution in [0, 0.1) is 11.8 Å². The molecule has 3 aliphatic rings. The van der Waals surface area contributed by atoms with E-state index >= 15 is 0 Å². The van der Waals surface area contributed by atoms with Gasteiger partial charge in [-0.05, 0) is 117 Å². The van der Waals surface area contributed by atoms with Gasteiger partial charge in [0.05, 0.1) is 7.11 Å². The normalized spacial score (nSPS) is 25.7. The van der Waals surface area contributed by atoms with Gasteiger partial charge in [0.1, 0.15) is 5.75 Å². The Morgan fingerprint density at radius 3 is 2.27 bits per heavy atom. The van der Waals surface area contributed by atoms with Crippen molar-refractivity contribution in [2.24, 2.45) is 11.8 Å². The van der Waals surface area contributed by atoms with E-state index in [9.17, 15) is 4.79 Å². The number of carbonyl (C=O) groups excluding carboxylic acids is 1. The van der Waals surface area contributed by atoms with E-state index in [2.05, 4.69) is 49.1 Å². The number of amides is 1. The Morgan fingerprint density at radius 1 is 0.892 bits per heavy atom. The molecule has 5 rings (SSSR count). The molecule has 0 N–H and O–H groups in total. The van der Waals surface area contributed by atoms with Crippen LogP contribution >= 0.6 is 0 Å². The third-order valence-corrected chi connectivity index (χ3v) is 9.62. The molecule has 1 saturated carbocycles. The fourth-order valence-electron chi connectivity index (χ4n) is 7.12. The second-order valence-corrected chi connectivity index (χ2v) is 11.8. The average molecular weight is 503 g/mol. The van der Waals surface area contributed by atoms with E-state index in [1.807, 2.05) is 17.0 Å². The predicted octanol–water partition coefficient (Wildman–Crippen LogP) is 7.38. The van der Waals surface area contributed by atoms with Crippen molar-refractivity contribution in [3.63, 3.8) is 0 Å². The molecule has 2 aliphatic heterocycles. The maximum atomic E-state index is 12.9. The van der Waals surface area contributed by atoms with Crippen molar-refractivity contribution in [3.8, 4) is 16.9 Å². The van der Waals surface area contributed by atoms with Gasteiger partial charge < -0.3 is 14.5 Å². The van der Waals surface area contributed by atoms with Crippen LogP contribution in [0.25, 0.3) is 11.1 Å². The molecule has 3 atom stereocenters. The molecule has 0 radical (unpaired) electrons. The number of ether oxygens (including phenoxy) is 1. The minimum absolute atomic E-state index is 0.172. The molecule has 2 aromatic carbocycles. The van der Waals surface area contributed by atoms with Gasteiger partial charge >= 0.3 is 0 Å². The monoisotopic (exact) mass is 502 g/mol. The Bertz CT molecular complexity index is 1030. The van der Waals surface area contributed by atoms with Crippen LogP contribution in [0.15, 0.2) is 42.5 Å². The Kier molecular flexibility index (Phi) is 8.54. The Hall–Kier alpha value is -2.33. The molecule has 2 aromatic rings. The lowest BCUT2D eigenvalue weighted by molar-refractivity contribution is 0.0640. The maximum Gasteiger partial charge on any atom is 0.253 e. The average Bonchev–Trinajstić information content (AvgIpc) is 2.97. The lowest BCUT2D eigenvalue weighted by Gasteiger charge is -2.44. The highest BCUT2D eigenvalue weighted by Gasteiger charge is 2.34. The SMILES string of the molecule is CC[C@@H]1CC[C@@H](C)[C@@H](N2CCC(c3cc(-c4ccc(C(=O)N5CCCCC5)cc4)ccc3OC)CC2)C1. The van der Waals surface area contributed by atoms with Gasteiger partial charge in [-0.1, -0.05) is 44.9 Å². The summed E-state index contributed by atoms with van der Waals surface area (Å²) >= 11 is 0. The van der Waals surface area contributed by atoms with Gasteiger partial charge in [0.25, 0.3) is 5.91 Å². The Morgan fingerprint density at radius 2 is 1.59 bits per heavy atom. The first-order valence-corrected chi connectivity index (χ1v) is 14.9. The lowest BCUT2D eigenvalue weighted by atomic mass is 9.76. The van der Waals surface area contributed by atoms with Crippen LogP contribution < -0.4 is 4.74 Å². The molecule has 0 aromatic heterocycles. The fraction of sp³-hybridized carbons (Fsp3) is 0.606. The summed E-state index contributed by atoms with van der Waals surface area (Å²) in [4.78, 5) is 17.7. The summed E-state index contributed by atoms with van der Waals surface area (Å²) in [6.45, 7) is 9.00. The minimum Gasteiger partial charge on any atom is -0.496 e. The molecule has 4 nitrogen and oxygen atoms in total. The Labute approximate surface area is 224 Å². The van der Waals surface area contributed by atoms with Gasteiger partial charge in [-0.3, -0.25) is 4.79 Å². The zero-order chi connectivity index (χ0) is 25.8. The summed E-state index contributed by atoms with van der Waals surface area (Å²) in [5.74, 6) is 3.45. The molecule has 1 aliphatic carbocycles. The third kappa shape index (κ3) is 5.90. The molecule has 0 spiro atoms. The van der Waals surface area contributed by atoms with E-state index < -0.39 is 0 Å². The quantitative estimate of drug-likeness (QED) is 0.413. The number of carbonyl (C=O) groups is 1. The van der Waals surface area contributed by atoms with Crippen molar-refractivity contribution >= 4 is 5.91 Å². The summed E-state index contributed by atoms with van der Waals surface area (Å²) in [7, 11) is 1.79. The zero-order valence-electron chi connectivity index (χ0n) is 23.3. The van der Waals surface area contributed by atoms with Crippen LogP contribution in [-0.4, -0.2) is 55.0 Å². The molecule has 2 saturated heterocycles. The number of hydrogen-bond acceptors (Lipinski definition) is 3. The topological polar surface area (TPSA) is 32.8 Å². The van der Waals surface area contributed by atoms with Crippen molar-refractivity contribution < 1.29 is 9.53 Å². The molecule has 0 unspecified atom stereocenters. The summed E-state index contributed by atoms with van der Waals surface area (Å²) in [6.07, 6.45) is 11.4. The number of hydrogen-bond donors (Lipinski definition) is 0. The molecule has 37 heavy (non-hydrogen) atoms. The largest absolute Gasteiger partial charge is 0.496 e. The van der Waals surface area contributed by atoms with Crippen molar-refractivity contribution in [1.29, 1.82) is 0 Å². The number of nitrogens with zero attached hydrogens (tertiary/aromatic N) is 2. The molecule has 2 heterocycles. The van der Waals surface area contributed by atoms with Crippen LogP contribution in [0.2, 0.25) is 0 Å². The van der Waals surface area contributed by atoms with Crippen LogP contribution in [0.5, 0.6) is 5.75 Å². The smallest absolute Gasteiger partial charge is 0.253 e. The van der Waals surface area contributed by atoms with Crippen molar-refractivity contribution in [1.82, 2.24) is 9.80 Å². The van der Waals surface area contributed by atoms with E-state index in [-0.39, 0.29) is 5.91 Å². The summed E-state index contributed by atoms with van der Waals surface area (Å²) in [5.41, 5.74) is 4.52. The highest BCUT2D eigenvalue weighted by molar-refractivity contribution is 5.94. The van der Waals surface area contributed by atoms with Gasteiger partial charge in [0.2, 0.25) is 0 Å². The highest BCUT2D eigenvalue weighted by atomic mass is 16.5. The van der Waals surface area contributed by atoms with E-state index in [1.54, 1.807) is 7.11 Å².